The maximum atomic E-state index is 5.85. The molecule has 0 saturated heterocycles. The van der Waals surface area contributed by atoms with E-state index in [0.717, 1.165) is 34.0 Å². The van der Waals surface area contributed by atoms with Crippen molar-refractivity contribution in [3.63, 3.8) is 0 Å². The van der Waals surface area contributed by atoms with Gasteiger partial charge in [-0.15, -0.1) is 10.2 Å². The molecule has 0 spiro atoms. The molecule has 2 heterocycles. The van der Waals surface area contributed by atoms with Gasteiger partial charge in [0.15, 0.2) is 5.76 Å². The van der Waals surface area contributed by atoms with Gasteiger partial charge in [-0.2, -0.15) is 5.21 Å². The Morgan fingerprint density at radius 1 is 1.08 bits per heavy atom. The van der Waals surface area contributed by atoms with E-state index < -0.39 is 0 Å². The molecule has 6 nitrogen and oxygen atoms in total. The number of furan rings is 1. The van der Waals surface area contributed by atoms with Crippen molar-refractivity contribution in [1.82, 2.24) is 20.6 Å². The standard InChI is InChI=1S/C18H15BrN4O2/c1-24-15-7-5-11(8-14(15)19)2-3-12-4-6-13-10-17(25-16(13)9-12)18-20-22-23-21-18/h4-10H,2-3H2,1H3,(H,20,21,22,23). The Hall–Kier alpha value is -2.67. The molecule has 4 aromatic rings. The number of halogens is 1. The van der Waals surface area contributed by atoms with Gasteiger partial charge in [-0.3, -0.25) is 0 Å². The van der Waals surface area contributed by atoms with E-state index in [9.17, 15) is 0 Å². The highest BCUT2D eigenvalue weighted by Gasteiger charge is 2.10. The lowest BCUT2D eigenvalue weighted by molar-refractivity contribution is 0.412. The molecule has 25 heavy (non-hydrogen) atoms. The van der Waals surface area contributed by atoms with E-state index >= 15 is 0 Å². The van der Waals surface area contributed by atoms with Crippen LogP contribution in [0.5, 0.6) is 5.75 Å². The molecule has 0 unspecified atom stereocenters. The minimum Gasteiger partial charge on any atom is -0.496 e. The second-order valence-corrected chi connectivity index (χ2v) is 6.54. The molecule has 0 bridgehead atoms. The maximum absolute atomic E-state index is 5.85. The largest absolute Gasteiger partial charge is 0.496 e. The molecule has 0 saturated carbocycles. The van der Waals surface area contributed by atoms with Gasteiger partial charge in [0.1, 0.15) is 11.3 Å². The number of nitrogens with one attached hydrogen (secondary N) is 1. The molecule has 7 heteroatoms. The van der Waals surface area contributed by atoms with Crippen molar-refractivity contribution in [1.29, 1.82) is 0 Å². The Kier molecular flexibility index (Phi) is 4.23. The van der Waals surface area contributed by atoms with E-state index in [1.165, 1.54) is 11.1 Å². The number of nitrogens with zero attached hydrogens (tertiary/aromatic N) is 3. The van der Waals surface area contributed by atoms with E-state index in [1.54, 1.807) is 7.11 Å². The lowest BCUT2D eigenvalue weighted by Gasteiger charge is -2.06. The van der Waals surface area contributed by atoms with Crippen molar-refractivity contribution in [3.8, 4) is 17.3 Å². The summed E-state index contributed by atoms with van der Waals surface area (Å²) in [5.74, 6) is 1.91. The number of aromatic nitrogens is 4. The van der Waals surface area contributed by atoms with Crippen LogP contribution in [0.15, 0.2) is 51.4 Å². The third kappa shape index (κ3) is 3.28. The Balaban J connectivity index is 1.52. The van der Waals surface area contributed by atoms with Crippen LogP contribution in [0.1, 0.15) is 11.1 Å². The van der Waals surface area contributed by atoms with Crippen molar-refractivity contribution >= 4 is 26.9 Å². The molecule has 0 aliphatic carbocycles. The topological polar surface area (TPSA) is 76.8 Å². The minimum absolute atomic E-state index is 0.459. The molecular formula is C18H15BrN4O2. The fourth-order valence-corrected chi connectivity index (χ4v) is 3.35. The Labute approximate surface area is 152 Å². The normalized spacial score (nSPS) is 11.1. The van der Waals surface area contributed by atoms with Gasteiger partial charge in [-0.25, -0.2) is 0 Å². The molecule has 2 aromatic heterocycles. The van der Waals surface area contributed by atoms with Crippen molar-refractivity contribution in [2.75, 3.05) is 7.11 Å². The van der Waals surface area contributed by atoms with Crippen LogP contribution >= 0.6 is 15.9 Å². The predicted molar refractivity (Wildman–Crippen MR) is 97.5 cm³/mol. The molecule has 2 aromatic carbocycles. The van der Waals surface area contributed by atoms with Gasteiger partial charge in [0.25, 0.3) is 0 Å². The van der Waals surface area contributed by atoms with Gasteiger partial charge < -0.3 is 9.15 Å². The second-order valence-electron chi connectivity index (χ2n) is 5.69. The van der Waals surface area contributed by atoms with E-state index in [1.807, 2.05) is 12.1 Å². The number of H-pyrrole nitrogens is 1. The lowest BCUT2D eigenvalue weighted by atomic mass is 10.0. The van der Waals surface area contributed by atoms with Gasteiger partial charge in [0.05, 0.1) is 11.6 Å². The number of aromatic amines is 1. The molecule has 1 N–H and O–H groups in total. The zero-order valence-corrected chi connectivity index (χ0v) is 15.1. The summed E-state index contributed by atoms with van der Waals surface area (Å²) in [6, 6.07) is 14.3. The summed E-state index contributed by atoms with van der Waals surface area (Å²) in [5.41, 5.74) is 3.29. The number of hydrogen-bond acceptors (Lipinski definition) is 5. The summed E-state index contributed by atoms with van der Waals surface area (Å²) in [5, 5.41) is 14.9. The lowest BCUT2D eigenvalue weighted by Crippen LogP contribution is -1.92. The predicted octanol–water partition coefficient (Wildman–Crippen LogP) is 4.17. The molecule has 4 rings (SSSR count). The van der Waals surface area contributed by atoms with Crippen molar-refractivity contribution < 1.29 is 9.15 Å². The molecule has 0 aliphatic rings. The fraction of sp³-hybridized carbons (Fsp3) is 0.167. The highest BCUT2D eigenvalue weighted by atomic mass is 79.9. The van der Waals surface area contributed by atoms with E-state index in [2.05, 4.69) is 66.9 Å². The third-order valence-corrected chi connectivity index (χ3v) is 4.69. The summed E-state index contributed by atoms with van der Waals surface area (Å²) < 4.78 is 12.1. The monoisotopic (exact) mass is 398 g/mol. The van der Waals surface area contributed by atoms with Gasteiger partial charge in [0.2, 0.25) is 5.82 Å². The number of ether oxygens (including phenoxy) is 1. The number of fused-ring (bicyclic) bond motifs is 1. The minimum atomic E-state index is 0.459. The highest BCUT2D eigenvalue weighted by Crippen LogP contribution is 2.28. The van der Waals surface area contributed by atoms with Crippen molar-refractivity contribution in [2.45, 2.75) is 12.8 Å². The molecular weight excluding hydrogens is 384 g/mol. The number of rotatable bonds is 5. The van der Waals surface area contributed by atoms with Crippen molar-refractivity contribution in [3.05, 3.63) is 58.1 Å². The first-order chi connectivity index (χ1) is 12.2. The number of tetrazole rings is 1. The van der Waals surface area contributed by atoms with Crippen molar-refractivity contribution in [2.24, 2.45) is 0 Å². The average Bonchev–Trinajstić information content (AvgIpc) is 3.28. The third-order valence-electron chi connectivity index (χ3n) is 4.07. The molecule has 126 valence electrons. The van der Waals surface area contributed by atoms with Crippen LogP contribution in [-0.2, 0) is 12.8 Å². The van der Waals surface area contributed by atoms with Crippen LogP contribution in [0.25, 0.3) is 22.6 Å². The van der Waals surface area contributed by atoms with E-state index in [-0.39, 0.29) is 0 Å². The van der Waals surface area contributed by atoms with Crippen LogP contribution in [-0.4, -0.2) is 27.7 Å². The molecule has 0 radical (unpaired) electrons. The van der Waals surface area contributed by atoms with Gasteiger partial charge >= 0.3 is 0 Å². The molecule has 0 aliphatic heterocycles. The summed E-state index contributed by atoms with van der Waals surface area (Å²) in [6.45, 7) is 0. The number of benzene rings is 2. The Morgan fingerprint density at radius 3 is 2.60 bits per heavy atom. The van der Waals surface area contributed by atoms with Gasteiger partial charge in [-0.1, -0.05) is 18.2 Å². The van der Waals surface area contributed by atoms with E-state index in [4.69, 9.17) is 9.15 Å². The van der Waals surface area contributed by atoms with Crippen LogP contribution < -0.4 is 4.74 Å². The van der Waals surface area contributed by atoms with Gasteiger partial charge in [-0.05, 0) is 69.4 Å². The summed E-state index contributed by atoms with van der Waals surface area (Å²) in [7, 11) is 1.67. The van der Waals surface area contributed by atoms with Crippen LogP contribution in [0.4, 0.5) is 0 Å². The summed E-state index contributed by atoms with van der Waals surface area (Å²) >= 11 is 3.53. The maximum Gasteiger partial charge on any atom is 0.239 e. The second kappa shape index (κ2) is 6.68. The number of methoxy groups -OCH3 is 1. The van der Waals surface area contributed by atoms with Crippen LogP contribution in [0.3, 0.4) is 0 Å². The summed E-state index contributed by atoms with van der Waals surface area (Å²) in [4.78, 5) is 0. The Bertz CT molecular complexity index is 1010. The zero-order valence-electron chi connectivity index (χ0n) is 13.5. The van der Waals surface area contributed by atoms with E-state index in [0.29, 0.717) is 11.6 Å². The smallest absolute Gasteiger partial charge is 0.239 e. The first kappa shape index (κ1) is 15.8. The zero-order chi connectivity index (χ0) is 17.2. The Morgan fingerprint density at radius 2 is 1.88 bits per heavy atom. The highest BCUT2D eigenvalue weighted by molar-refractivity contribution is 9.10. The number of hydrogen-bond donors (Lipinski definition) is 1. The van der Waals surface area contributed by atoms with Crippen LogP contribution in [0, 0.1) is 0 Å². The fourth-order valence-electron chi connectivity index (χ4n) is 2.76. The summed E-state index contributed by atoms with van der Waals surface area (Å²) in [6.07, 6.45) is 1.86. The molecule has 0 atom stereocenters. The first-order valence-electron chi connectivity index (χ1n) is 7.81. The SMILES string of the molecule is COc1ccc(CCc2ccc3cc(-c4nn[nH]n4)oc3c2)cc1Br. The average molecular weight is 399 g/mol. The molecule has 0 amide bonds. The van der Waals surface area contributed by atoms with Gasteiger partial charge in [0, 0.05) is 5.39 Å². The van der Waals surface area contributed by atoms with Crippen LogP contribution in [0.2, 0.25) is 0 Å². The first-order valence-corrected chi connectivity index (χ1v) is 8.61. The quantitative estimate of drug-likeness (QED) is 0.545. The molecule has 0 fully saturated rings. The number of aryl methyl sites for hydroxylation is 2.